The lowest BCUT2D eigenvalue weighted by Gasteiger charge is -2.17. The molecule has 5 nitrogen and oxygen atoms in total. The van der Waals surface area contributed by atoms with E-state index in [0.717, 1.165) is 41.6 Å². The number of aromatic nitrogens is 5. The van der Waals surface area contributed by atoms with Gasteiger partial charge in [-0.2, -0.15) is 8.78 Å². The Labute approximate surface area is 164 Å². The first kappa shape index (κ1) is 18.4. The smallest absolute Gasteiger partial charge is 0.299 e. The monoisotopic (exact) mass is 409 g/mol. The maximum atomic E-state index is 13.0. The van der Waals surface area contributed by atoms with Crippen molar-refractivity contribution in [3.05, 3.63) is 47.5 Å². The molecule has 0 aliphatic heterocycles. The summed E-state index contributed by atoms with van der Waals surface area (Å²) in [5, 5.41) is 10.1. The van der Waals surface area contributed by atoms with Crippen LogP contribution in [0.4, 0.5) is 8.78 Å². The summed E-state index contributed by atoms with van der Waals surface area (Å²) in [6, 6.07) is 7.85. The number of hydrogen-bond acceptors (Lipinski definition) is 4. The van der Waals surface area contributed by atoms with Gasteiger partial charge in [0.1, 0.15) is 5.82 Å². The number of nitrogens with zero attached hydrogens (tertiary/aromatic N) is 5. The van der Waals surface area contributed by atoms with Gasteiger partial charge in [0.25, 0.3) is 0 Å². The molecule has 27 heavy (non-hydrogen) atoms. The zero-order chi connectivity index (χ0) is 18.8. The fraction of sp³-hybridized carbons (Fsp3) is 0.389. The molecule has 0 amide bonds. The highest BCUT2D eigenvalue weighted by Gasteiger charge is 2.26. The molecule has 1 aliphatic carbocycles. The second-order valence-corrected chi connectivity index (χ2v) is 7.76. The zero-order valence-electron chi connectivity index (χ0n) is 14.4. The number of halogens is 3. The van der Waals surface area contributed by atoms with Crippen LogP contribution in [0, 0.1) is 0 Å². The van der Waals surface area contributed by atoms with Crippen molar-refractivity contribution in [1.29, 1.82) is 0 Å². The third-order valence-corrected chi connectivity index (χ3v) is 6.03. The van der Waals surface area contributed by atoms with E-state index in [9.17, 15) is 8.78 Å². The van der Waals surface area contributed by atoms with E-state index in [1.165, 1.54) is 24.2 Å². The normalized spacial score (nSPS) is 15.1. The van der Waals surface area contributed by atoms with E-state index < -0.39 is 6.55 Å². The molecule has 142 valence electrons. The molecule has 1 aromatic carbocycles. The van der Waals surface area contributed by atoms with E-state index in [-0.39, 0.29) is 0 Å². The molecule has 9 heteroatoms. The average Bonchev–Trinajstić information content (AvgIpc) is 3.39. The van der Waals surface area contributed by atoms with Crippen molar-refractivity contribution < 1.29 is 8.78 Å². The summed E-state index contributed by atoms with van der Waals surface area (Å²) in [5.74, 6) is 1.34. The Morgan fingerprint density at radius 3 is 2.70 bits per heavy atom. The maximum Gasteiger partial charge on any atom is 0.319 e. The van der Waals surface area contributed by atoms with Crippen LogP contribution in [-0.2, 0) is 5.75 Å². The van der Waals surface area contributed by atoms with Gasteiger partial charge in [0.05, 0.1) is 10.8 Å². The number of hydrogen-bond donors (Lipinski definition) is 0. The number of imidazole rings is 1. The minimum absolute atomic E-state index is 0.295. The van der Waals surface area contributed by atoms with Gasteiger partial charge in [0, 0.05) is 24.0 Å². The van der Waals surface area contributed by atoms with Crippen LogP contribution in [0.2, 0.25) is 5.02 Å². The van der Waals surface area contributed by atoms with Crippen molar-refractivity contribution in [2.24, 2.45) is 0 Å². The molecule has 0 bridgehead atoms. The number of thioether (sulfide) groups is 1. The van der Waals surface area contributed by atoms with Crippen LogP contribution in [-0.4, -0.2) is 24.3 Å². The molecular formula is C18H18ClF2N5S. The van der Waals surface area contributed by atoms with Crippen molar-refractivity contribution in [2.45, 2.75) is 49.2 Å². The average molecular weight is 410 g/mol. The second-order valence-electron chi connectivity index (χ2n) is 6.41. The lowest BCUT2D eigenvalue weighted by molar-refractivity contribution is 0.0678. The molecule has 0 N–H and O–H groups in total. The van der Waals surface area contributed by atoms with Crippen molar-refractivity contribution in [1.82, 2.24) is 24.3 Å². The molecule has 2 aromatic heterocycles. The highest BCUT2D eigenvalue weighted by Crippen LogP contribution is 2.38. The summed E-state index contributed by atoms with van der Waals surface area (Å²) in [6.07, 6.45) is 7.09. The first-order valence-corrected chi connectivity index (χ1v) is 10.1. The molecule has 3 aromatic rings. The minimum Gasteiger partial charge on any atom is -0.299 e. The second kappa shape index (κ2) is 7.98. The van der Waals surface area contributed by atoms with E-state index in [2.05, 4.69) is 19.7 Å². The standard InChI is InChI=1S/C18H18ClF2N5S/c19-14-8-4-3-7-13(14)16-23-24-18(26(16)12-5-1-2-6-12)27-11-15-22-9-10-25(15)17(20)21/h3-4,7-10,12,17H,1-2,5-6,11H2. The Bertz CT molecular complexity index is 920. The highest BCUT2D eigenvalue weighted by atomic mass is 35.5. The summed E-state index contributed by atoms with van der Waals surface area (Å²) >= 11 is 7.75. The molecule has 0 unspecified atom stereocenters. The van der Waals surface area contributed by atoms with Crippen LogP contribution in [0.5, 0.6) is 0 Å². The van der Waals surface area contributed by atoms with Gasteiger partial charge >= 0.3 is 6.55 Å². The Morgan fingerprint density at radius 2 is 1.96 bits per heavy atom. The van der Waals surface area contributed by atoms with Gasteiger partial charge in [0.2, 0.25) is 0 Å². The van der Waals surface area contributed by atoms with Crippen molar-refractivity contribution in [3.63, 3.8) is 0 Å². The molecule has 2 heterocycles. The minimum atomic E-state index is -2.60. The topological polar surface area (TPSA) is 48.5 Å². The summed E-state index contributed by atoms with van der Waals surface area (Å²) < 4.78 is 29.1. The third kappa shape index (κ3) is 3.73. The lowest BCUT2D eigenvalue weighted by atomic mass is 10.2. The summed E-state index contributed by atoms with van der Waals surface area (Å²) in [5.41, 5.74) is 0.833. The van der Waals surface area contributed by atoms with E-state index in [4.69, 9.17) is 11.6 Å². The molecule has 1 saturated carbocycles. The zero-order valence-corrected chi connectivity index (χ0v) is 16.0. The van der Waals surface area contributed by atoms with E-state index in [1.54, 1.807) is 0 Å². The molecule has 0 radical (unpaired) electrons. The molecule has 1 fully saturated rings. The largest absolute Gasteiger partial charge is 0.319 e. The van der Waals surface area contributed by atoms with Crippen molar-refractivity contribution >= 4 is 23.4 Å². The van der Waals surface area contributed by atoms with Gasteiger partial charge in [-0.15, -0.1) is 10.2 Å². The van der Waals surface area contributed by atoms with Crippen LogP contribution in [0.1, 0.15) is 44.1 Å². The molecule has 0 saturated heterocycles. The molecule has 0 spiro atoms. The third-order valence-electron chi connectivity index (χ3n) is 4.76. The molecular weight excluding hydrogens is 392 g/mol. The van der Waals surface area contributed by atoms with Crippen LogP contribution in [0.25, 0.3) is 11.4 Å². The Morgan fingerprint density at radius 1 is 1.19 bits per heavy atom. The van der Waals surface area contributed by atoms with Gasteiger partial charge in [0.15, 0.2) is 11.0 Å². The van der Waals surface area contributed by atoms with Crippen LogP contribution in [0.3, 0.4) is 0 Å². The maximum absolute atomic E-state index is 13.0. The highest BCUT2D eigenvalue weighted by molar-refractivity contribution is 7.98. The predicted molar refractivity (Wildman–Crippen MR) is 101 cm³/mol. The fourth-order valence-electron chi connectivity index (χ4n) is 3.46. The quantitative estimate of drug-likeness (QED) is 0.497. The predicted octanol–water partition coefficient (Wildman–Crippen LogP) is 5.60. The lowest BCUT2D eigenvalue weighted by Crippen LogP contribution is -2.09. The van der Waals surface area contributed by atoms with E-state index in [1.807, 2.05) is 24.3 Å². The first-order valence-electron chi connectivity index (χ1n) is 8.77. The molecule has 4 rings (SSSR count). The van der Waals surface area contributed by atoms with Crippen molar-refractivity contribution in [2.75, 3.05) is 0 Å². The van der Waals surface area contributed by atoms with Crippen LogP contribution in [0.15, 0.2) is 41.8 Å². The van der Waals surface area contributed by atoms with Crippen LogP contribution < -0.4 is 0 Å². The van der Waals surface area contributed by atoms with Gasteiger partial charge in [-0.1, -0.05) is 48.3 Å². The van der Waals surface area contributed by atoms with Crippen LogP contribution >= 0.6 is 23.4 Å². The molecule has 1 aliphatic rings. The number of alkyl halides is 2. The fourth-order valence-corrected chi connectivity index (χ4v) is 4.63. The Kier molecular flexibility index (Phi) is 5.45. The van der Waals surface area contributed by atoms with Crippen molar-refractivity contribution in [3.8, 4) is 11.4 Å². The summed E-state index contributed by atoms with van der Waals surface area (Å²) in [6.45, 7) is -2.60. The van der Waals surface area contributed by atoms with E-state index >= 15 is 0 Å². The Balaban J connectivity index is 1.66. The van der Waals surface area contributed by atoms with Gasteiger partial charge in [-0.3, -0.25) is 9.13 Å². The molecule has 0 atom stereocenters. The Hall–Kier alpha value is -1.93. The first-order chi connectivity index (χ1) is 13.1. The SMILES string of the molecule is FC(F)n1ccnc1CSc1nnc(-c2ccccc2Cl)n1C1CCCC1. The number of benzene rings is 1. The van der Waals surface area contributed by atoms with Gasteiger partial charge in [-0.25, -0.2) is 4.98 Å². The van der Waals surface area contributed by atoms with Gasteiger partial charge in [-0.05, 0) is 25.0 Å². The number of rotatable bonds is 6. The van der Waals surface area contributed by atoms with Gasteiger partial charge < -0.3 is 0 Å². The van der Waals surface area contributed by atoms with E-state index in [0.29, 0.717) is 27.8 Å². The summed E-state index contributed by atoms with van der Waals surface area (Å²) in [4.78, 5) is 4.04. The summed E-state index contributed by atoms with van der Waals surface area (Å²) in [7, 11) is 0.